The monoisotopic (exact) mass is 329 g/mol. The molecule has 0 aromatic carbocycles. The van der Waals surface area contributed by atoms with Gasteiger partial charge in [0.05, 0.1) is 59.4 Å². The lowest BCUT2D eigenvalue weighted by molar-refractivity contribution is -0.137. The van der Waals surface area contributed by atoms with Gasteiger partial charge in [-0.2, -0.15) is 0 Å². The van der Waals surface area contributed by atoms with Gasteiger partial charge in [-0.15, -0.1) is 0 Å². The van der Waals surface area contributed by atoms with Crippen LogP contribution < -0.4 is 0 Å². The first-order valence-corrected chi connectivity index (χ1v) is 7.54. The average molecular weight is 329 g/mol. The van der Waals surface area contributed by atoms with E-state index >= 15 is 0 Å². The van der Waals surface area contributed by atoms with Crippen molar-refractivity contribution in [2.75, 3.05) is 59.4 Å². The highest BCUT2D eigenvalue weighted by Gasteiger charge is 2.22. The number of aldehydes is 1. The largest absolute Gasteiger partial charge is 0.379 e. The zero-order chi connectivity index (χ0) is 16.8. The smallest absolute Gasteiger partial charge is 0.253 e. The minimum absolute atomic E-state index is 0.248. The quantitative estimate of drug-likeness (QED) is 0.229. The lowest BCUT2D eigenvalue weighted by Gasteiger charge is -2.13. The highest BCUT2D eigenvalue weighted by atomic mass is 16.6. The number of nitrogens with zero attached hydrogens (tertiary/aromatic N) is 1. The number of imide groups is 1. The maximum atomic E-state index is 11.2. The minimum Gasteiger partial charge on any atom is -0.379 e. The first-order chi connectivity index (χ1) is 11.3. The SMILES string of the molecule is O=CCCOCCOCCOCCOCCN1C(=O)C=CC1=O. The van der Waals surface area contributed by atoms with E-state index in [4.69, 9.17) is 18.9 Å². The van der Waals surface area contributed by atoms with E-state index in [9.17, 15) is 14.4 Å². The molecule has 1 aliphatic heterocycles. The van der Waals surface area contributed by atoms with Gasteiger partial charge in [0.25, 0.3) is 11.8 Å². The fourth-order valence-corrected chi connectivity index (χ4v) is 1.70. The van der Waals surface area contributed by atoms with Gasteiger partial charge >= 0.3 is 0 Å². The molecule has 0 N–H and O–H groups in total. The van der Waals surface area contributed by atoms with Gasteiger partial charge in [-0.05, 0) is 0 Å². The van der Waals surface area contributed by atoms with E-state index in [1.807, 2.05) is 0 Å². The van der Waals surface area contributed by atoms with Crippen molar-refractivity contribution in [2.24, 2.45) is 0 Å². The van der Waals surface area contributed by atoms with E-state index in [1.165, 1.54) is 12.2 Å². The first kappa shape index (κ1) is 19.4. The van der Waals surface area contributed by atoms with Crippen LogP contribution >= 0.6 is 0 Å². The molecule has 0 saturated heterocycles. The second kappa shape index (κ2) is 12.9. The van der Waals surface area contributed by atoms with Crippen LogP contribution in [0.15, 0.2) is 12.2 Å². The highest BCUT2D eigenvalue weighted by molar-refractivity contribution is 6.12. The molecule has 0 unspecified atom stereocenters. The summed E-state index contributed by atoms with van der Waals surface area (Å²) in [7, 11) is 0. The Kier molecular flexibility index (Phi) is 10.9. The maximum absolute atomic E-state index is 11.2. The summed E-state index contributed by atoms with van der Waals surface area (Å²) < 4.78 is 21.0. The molecule has 1 rings (SSSR count). The predicted molar refractivity (Wildman–Crippen MR) is 79.8 cm³/mol. The molecule has 8 heteroatoms. The van der Waals surface area contributed by atoms with Crippen LogP contribution in [0.3, 0.4) is 0 Å². The zero-order valence-corrected chi connectivity index (χ0v) is 13.1. The number of carbonyl (C=O) groups is 3. The Labute approximate surface area is 135 Å². The van der Waals surface area contributed by atoms with E-state index in [0.29, 0.717) is 52.7 Å². The Morgan fingerprint density at radius 1 is 0.739 bits per heavy atom. The summed E-state index contributed by atoms with van der Waals surface area (Å²) in [6, 6.07) is 0. The molecule has 130 valence electrons. The molecule has 1 heterocycles. The van der Waals surface area contributed by atoms with Crippen molar-refractivity contribution in [3.63, 3.8) is 0 Å². The second-order valence-corrected chi connectivity index (χ2v) is 4.57. The summed E-state index contributed by atoms with van der Waals surface area (Å²) >= 11 is 0. The third-order valence-corrected chi connectivity index (χ3v) is 2.86. The van der Waals surface area contributed by atoms with E-state index in [2.05, 4.69) is 0 Å². The van der Waals surface area contributed by atoms with Gasteiger partial charge in [0.1, 0.15) is 6.29 Å². The molecule has 0 atom stereocenters. The average Bonchev–Trinajstić information content (AvgIpc) is 2.86. The summed E-state index contributed by atoms with van der Waals surface area (Å²) in [6.07, 6.45) is 3.71. The topological polar surface area (TPSA) is 91.4 Å². The van der Waals surface area contributed by atoms with Crippen LogP contribution in [0.2, 0.25) is 0 Å². The van der Waals surface area contributed by atoms with Gasteiger partial charge in [0.2, 0.25) is 0 Å². The Morgan fingerprint density at radius 2 is 1.17 bits per heavy atom. The molecule has 0 aliphatic carbocycles. The molecule has 0 spiro atoms. The summed E-state index contributed by atoms with van der Waals surface area (Å²) in [4.78, 5) is 33.7. The van der Waals surface area contributed by atoms with E-state index in [0.717, 1.165) is 11.2 Å². The van der Waals surface area contributed by atoms with Crippen molar-refractivity contribution >= 4 is 18.1 Å². The molecule has 0 saturated carbocycles. The molecule has 0 aromatic rings. The Bertz CT molecular complexity index is 379. The normalized spacial score (nSPS) is 14.0. The molecule has 2 amide bonds. The van der Waals surface area contributed by atoms with E-state index in [1.54, 1.807) is 0 Å². The second-order valence-electron chi connectivity index (χ2n) is 4.57. The molecule has 23 heavy (non-hydrogen) atoms. The number of rotatable bonds is 15. The van der Waals surface area contributed by atoms with Gasteiger partial charge in [-0.1, -0.05) is 0 Å². The molecular formula is C15H23NO7. The standard InChI is InChI=1S/C15H23NO7/c17-5-1-6-20-8-10-22-12-13-23-11-9-21-7-4-16-14(18)2-3-15(16)19/h2-3,5H,1,4,6-13H2. The van der Waals surface area contributed by atoms with Gasteiger partial charge < -0.3 is 23.7 Å². The van der Waals surface area contributed by atoms with Crippen LogP contribution in [0.25, 0.3) is 0 Å². The summed E-state index contributed by atoms with van der Waals surface area (Å²) in [5, 5.41) is 0. The first-order valence-electron chi connectivity index (χ1n) is 7.54. The van der Waals surface area contributed by atoms with Crippen molar-refractivity contribution in [3.8, 4) is 0 Å². The van der Waals surface area contributed by atoms with Crippen LogP contribution in [0, 0.1) is 0 Å². The highest BCUT2D eigenvalue weighted by Crippen LogP contribution is 2.02. The van der Waals surface area contributed by atoms with Crippen molar-refractivity contribution in [3.05, 3.63) is 12.2 Å². The Balaban J connectivity index is 1.77. The Hall–Kier alpha value is -1.61. The lowest BCUT2D eigenvalue weighted by Crippen LogP contribution is -2.33. The van der Waals surface area contributed by atoms with Crippen LogP contribution in [0.4, 0.5) is 0 Å². The van der Waals surface area contributed by atoms with Crippen LogP contribution in [0.1, 0.15) is 6.42 Å². The van der Waals surface area contributed by atoms with E-state index < -0.39 is 0 Å². The van der Waals surface area contributed by atoms with Gasteiger partial charge in [0.15, 0.2) is 0 Å². The molecule has 1 aliphatic rings. The number of ether oxygens (including phenoxy) is 4. The lowest BCUT2D eigenvalue weighted by atomic mass is 10.5. The molecule has 8 nitrogen and oxygen atoms in total. The number of carbonyl (C=O) groups excluding carboxylic acids is 3. The van der Waals surface area contributed by atoms with Crippen molar-refractivity contribution < 1.29 is 33.3 Å². The number of hydrogen-bond acceptors (Lipinski definition) is 7. The molecule has 0 aromatic heterocycles. The van der Waals surface area contributed by atoms with Crippen LogP contribution in [-0.4, -0.2) is 82.4 Å². The zero-order valence-electron chi connectivity index (χ0n) is 13.1. The molecule has 0 bridgehead atoms. The molecular weight excluding hydrogens is 306 g/mol. The molecule has 0 radical (unpaired) electrons. The minimum atomic E-state index is -0.304. The number of amides is 2. The third-order valence-electron chi connectivity index (χ3n) is 2.86. The van der Waals surface area contributed by atoms with Crippen molar-refractivity contribution in [1.82, 2.24) is 4.90 Å². The summed E-state index contributed by atoms with van der Waals surface area (Å²) in [5.41, 5.74) is 0. The third kappa shape index (κ3) is 9.19. The fourth-order valence-electron chi connectivity index (χ4n) is 1.70. The van der Waals surface area contributed by atoms with Crippen molar-refractivity contribution in [1.29, 1.82) is 0 Å². The van der Waals surface area contributed by atoms with Gasteiger partial charge in [-0.25, -0.2) is 0 Å². The summed E-state index contributed by atoms with van der Waals surface area (Å²) in [6.45, 7) is 3.59. The fraction of sp³-hybridized carbons (Fsp3) is 0.667. The van der Waals surface area contributed by atoms with Crippen LogP contribution in [-0.2, 0) is 33.3 Å². The summed E-state index contributed by atoms with van der Waals surface area (Å²) in [5.74, 6) is -0.607. The Morgan fingerprint density at radius 3 is 1.65 bits per heavy atom. The van der Waals surface area contributed by atoms with Gasteiger partial charge in [0, 0.05) is 18.6 Å². The van der Waals surface area contributed by atoms with Gasteiger partial charge in [-0.3, -0.25) is 14.5 Å². The van der Waals surface area contributed by atoms with Crippen molar-refractivity contribution in [2.45, 2.75) is 6.42 Å². The van der Waals surface area contributed by atoms with E-state index in [-0.39, 0.29) is 25.0 Å². The maximum Gasteiger partial charge on any atom is 0.253 e. The predicted octanol–water partition coefficient (Wildman–Crippen LogP) is -0.433. The number of hydrogen-bond donors (Lipinski definition) is 0. The van der Waals surface area contributed by atoms with Crippen LogP contribution in [0.5, 0.6) is 0 Å². The molecule has 0 fully saturated rings.